The molecule has 17 heavy (non-hydrogen) atoms. The highest BCUT2D eigenvalue weighted by molar-refractivity contribution is 7.16. The number of thiophene rings is 1. The Morgan fingerprint density at radius 1 is 1.47 bits per heavy atom. The second-order valence-corrected chi connectivity index (χ2v) is 4.98. The van der Waals surface area contributed by atoms with Crippen molar-refractivity contribution >= 4 is 22.2 Å². The lowest BCUT2D eigenvalue weighted by atomic mass is 10.2. The monoisotopic (exact) mass is 251 g/mol. The number of hydrogen-bond acceptors (Lipinski definition) is 4. The molecule has 0 aliphatic carbocycles. The third-order valence-electron chi connectivity index (χ3n) is 2.53. The van der Waals surface area contributed by atoms with Crippen LogP contribution in [0.3, 0.4) is 0 Å². The topological polar surface area (TPSA) is 64.9 Å². The van der Waals surface area contributed by atoms with Crippen molar-refractivity contribution in [3.8, 4) is 6.07 Å². The zero-order chi connectivity index (χ0) is 12.8. The molecule has 4 nitrogen and oxygen atoms in total. The highest BCUT2D eigenvalue weighted by Gasteiger charge is 2.14. The van der Waals surface area contributed by atoms with E-state index in [1.807, 2.05) is 20.8 Å². The Kier molecular flexibility index (Phi) is 5.13. The fourth-order valence-corrected chi connectivity index (χ4v) is 2.44. The number of anilines is 1. The number of hydrogen-bond donors (Lipinski definition) is 2. The maximum Gasteiger partial charge on any atom is 0.226 e. The molecule has 1 rings (SSSR count). The van der Waals surface area contributed by atoms with Gasteiger partial charge in [-0.05, 0) is 26.0 Å². The average molecular weight is 251 g/mol. The molecule has 1 amide bonds. The van der Waals surface area contributed by atoms with Crippen molar-refractivity contribution in [1.82, 2.24) is 5.32 Å². The van der Waals surface area contributed by atoms with Crippen LogP contribution in [-0.4, -0.2) is 19.0 Å². The molecule has 0 aromatic carbocycles. The molecule has 0 spiro atoms. The van der Waals surface area contributed by atoms with Crippen molar-refractivity contribution < 1.29 is 4.79 Å². The molecule has 1 heterocycles. The van der Waals surface area contributed by atoms with Crippen molar-refractivity contribution in [3.63, 3.8) is 0 Å². The number of nitriles is 1. The fraction of sp³-hybridized carbons (Fsp3) is 0.500. The number of rotatable bonds is 5. The van der Waals surface area contributed by atoms with Gasteiger partial charge in [0.2, 0.25) is 5.91 Å². The average Bonchev–Trinajstić information content (AvgIpc) is 2.54. The van der Waals surface area contributed by atoms with Gasteiger partial charge in [0, 0.05) is 17.8 Å². The fourth-order valence-electron chi connectivity index (χ4n) is 1.42. The second kappa shape index (κ2) is 6.38. The number of nitrogens with one attached hydrogen (secondary N) is 2. The summed E-state index contributed by atoms with van der Waals surface area (Å²) in [5.74, 6) is -0.0521. The summed E-state index contributed by atoms with van der Waals surface area (Å²) in [6.07, 6.45) is 0.425. The highest BCUT2D eigenvalue weighted by atomic mass is 32.1. The first-order chi connectivity index (χ1) is 8.10. The van der Waals surface area contributed by atoms with E-state index in [2.05, 4.69) is 16.7 Å². The van der Waals surface area contributed by atoms with Crippen LogP contribution >= 0.6 is 11.3 Å². The molecule has 0 unspecified atom stereocenters. The number of nitrogens with zero attached hydrogens (tertiary/aromatic N) is 1. The molecule has 2 N–H and O–H groups in total. The van der Waals surface area contributed by atoms with Crippen molar-refractivity contribution in [2.24, 2.45) is 0 Å². The van der Waals surface area contributed by atoms with Gasteiger partial charge >= 0.3 is 0 Å². The van der Waals surface area contributed by atoms with Crippen LogP contribution in [0.25, 0.3) is 0 Å². The molecular formula is C12H17N3OS. The summed E-state index contributed by atoms with van der Waals surface area (Å²) < 4.78 is 0. The van der Waals surface area contributed by atoms with E-state index in [1.165, 1.54) is 11.3 Å². The molecule has 0 saturated carbocycles. The zero-order valence-corrected chi connectivity index (χ0v) is 11.2. The van der Waals surface area contributed by atoms with E-state index < -0.39 is 0 Å². The molecule has 0 aliphatic heterocycles. The summed E-state index contributed by atoms with van der Waals surface area (Å²) in [6, 6.07) is 2.14. The lowest BCUT2D eigenvalue weighted by Crippen LogP contribution is -2.21. The van der Waals surface area contributed by atoms with Gasteiger partial charge in [0.1, 0.15) is 11.1 Å². The van der Waals surface area contributed by atoms with Gasteiger partial charge in [-0.25, -0.2) is 0 Å². The van der Waals surface area contributed by atoms with Crippen LogP contribution in [-0.2, 0) is 4.79 Å². The summed E-state index contributed by atoms with van der Waals surface area (Å²) in [6.45, 7) is 7.37. The first-order valence-corrected chi connectivity index (χ1v) is 6.42. The summed E-state index contributed by atoms with van der Waals surface area (Å²) >= 11 is 1.46. The molecular weight excluding hydrogens is 234 g/mol. The van der Waals surface area contributed by atoms with Crippen LogP contribution < -0.4 is 10.6 Å². The Hall–Kier alpha value is -1.38. The third kappa shape index (κ3) is 3.55. The van der Waals surface area contributed by atoms with Gasteiger partial charge in [-0.2, -0.15) is 5.26 Å². The molecule has 0 aliphatic rings. The standard InChI is InChI=1S/C12H17N3OS/c1-4-14-6-5-11(16)15-12-10(7-13)8(2)9(3)17-12/h14H,4-6H2,1-3H3,(H,15,16). The van der Waals surface area contributed by atoms with Gasteiger partial charge in [0.25, 0.3) is 0 Å². The molecule has 0 bridgehead atoms. The van der Waals surface area contributed by atoms with E-state index in [-0.39, 0.29) is 5.91 Å². The van der Waals surface area contributed by atoms with Crippen molar-refractivity contribution in [2.75, 3.05) is 18.4 Å². The summed E-state index contributed by atoms with van der Waals surface area (Å²) in [7, 11) is 0. The normalized spacial score (nSPS) is 10.0. The van der Waals surface area contributed by atoms with E-state index >= 15 is 0 Å². The Labute approximate surface area is 106 Å². The summed E-state index contributed by atoms with van der Waals surface area (Å²) in [5, 5.41) is 15.6. The lowest BCUT2D eigenvalue weighted by molar-refractivity contribution is -0.116. The van der Waals surface area contributed by atoms with E-state index in [4.69, 9.17) is 5.26 Å². The number of carbonyl (C=O) groups excluding carboxylic acids is 1. The third-order valence-corrected chi connectivity index (χ3v) is 3.65. The number of amides is 1. The van der Waals surface area contributed by atoms with Crippen molar-refractivity contribution in [2.45, 2.75) is 27.2 Å². The van der Waals surface area contributed by atoms with Crippen LogP contribution in [0.2, 0.25) is 0 Å². The maximum absolute atomic E-state index is 11.6. The minimum Gasteiger partial charge on any atom is -0.317 e. The van der Waals surface area contributed by atoms with Crippen LogP contribution in [0, 0.1) is 25.2 Å². The molecule has 92 valence electrons. The molecule has 1 aromatic heterocycles. The van der Waals surface area contributed by atoms with Crippen LogP contribution in [0.15, 0.2) is 0 Å². The highest BCUT2D eigenvalue weighted by Crippen LogP contribution is 2.31. The maximum atomic E-state index is 11.6. The Bertz CT molecular complexity index is 445. The zero-order valence-electron chi connectivity index (χ0n) is 10.4. The molecule has 5 heteroatoms. The van der Waals surface area contributed by atoms with Gasteiger partial charge in [-0.1, -0.05) is 6.92 Å². The minimum absolute atomic E-state index is 0.0521. The lowest BCUT2D eigenvalue weighted by Gasteiger charge is -2.03. The molecule has 0 fully saturated rings. The molecule has 0 radical (unpaired) electrons. The number of aryl methyl sites for hydroxylation is 1. The summed E-state index contributed by atoms with van der Waals surface area (Å²) in [5.41, 5.74) is 1.55. The Balaban J connectivity index is 2.66. The van der Waals surface area contributed by atoms with E-state index in [9.17, 15) is 4.79 Å². The smallest absolute Gasteiger partial charge is 0.226 e. The van der Waals surface area contributed by atoms with Crippen LogP contribution in [0.5, 0.6) is 0 Å². The van der Waals surface area contributed by atoms with Crippen LogP contribution in [0.1, 0.15) is 29.3 Å². The molecule has 0 atom stereocenters. The first kappa shape index (κ1) is 13.7. The van der Waals surface area contributed by atoms with E-state index in [0.717, 1.165) is 17.0 Å². The van der Waals surface area contributed by atoms with E-state index in [1.54, 1.807) is 0 Å². The van der Waals surface area contributed by atoms with Gasteiger partial charge < -0.3 is 10.6 Å². The SMILES string of the molecule is CCNCCC(=O)Nc1sc(C)c(C)c1C#N. The predicted octanol–water partition coefficient (Wildman–Crippen LogP) is 2.17. The Morgan fingerprint density at radius 2 is 2.18 bits per heavy atom. The van der Waals surface area contributed by atoms with Crippen LogP contribution in [0.4, 0.5) is 5.00 Å². The Morgan fingerprint density at radius 3 is 2.76 bits per heavy atom. The van der Waals surface area contributed by atoms with Crippen molar-refractivity contribution in [3.05, 3.63) is 16.0 Å². The van der Waals surface area contributed by atoms with Gasteiger partial charge in [0.05, 0.1) is 5.56 Å². The van der Waals surface area contributed by atoms with E-state index in [0.29, 0.717) is 23.5 Å². The predicted molar refractivity (Wildman–Crippen MR) is 70.3 cm³/mol. The molecule has 0 saturated heterocycles. The van der Waals surface area contributed by atoms with Gasteiger partial charge in [-0.3, -0.25) is 4.79 Å². The van der Waals surface area contributed by atoms with Gasteiger partial charge in [-0.15, -0.1) is 11.3 Å². The molecule has 1 aromatic rings. The first-order valence-electron chi connectivity index (χ1n) is 5.60. The van der Waals surface area contributed by atoms with Crippen molar-refractivity contribution in [1.29, 1.82) is 5.26 Å². The summed E-state index contributed by atoms with van der Waals surface area (Å²) in [4.78, 5) is 12.7. The minimum atomic E-state index is -0.0521. The largest absolute Gasteiger partial charge is 0.317 e. The number of carbonyl (C=O) groups is 1. The quantitative estimate of drug-likeness (QED) is 0.788. The van der Waals surface area contributed by atoms with Gasteiger partial charge in [0.15, 0.2) is 0 Å². The second-order valence-electron chi connectivity index (χ2n) is 3.75.